The molecule has 0 saturated heterocycles. The Balaban J connectivity index is 1.15. The molecule has 8 aromatic rings. The highest BCUT2D eigenvalue weighted by atomic mass is 15.2. The van der Waals surface area contributed by atoms with Gasteiger partial charge in [-0.15, -0.1) is 0 Å². The van der Waals surface area contributed by atoms with Crippen LogP contribution in [0.2, 0.25) is 0 Å². The molecule has 0 amide bonds. The molecule has 4 aliphatic carbocycles. The lowest BCUT2D eigenvalue weighted by molar-refractivity contribution is 0.332. The topological polar surface area (TPSA) is 9.72 Å². The van der Waals surface area contributed by atoms with Gasteiger partial charge in [0.1, 0.15) is 0 Å². The molecule has 0 atom stereocenters. The zero-order valence-corrected chi connectivity index (χ0v) is 56.5. The molecule has 0 aromatic heterocycles. The monoisotopic (exact) mass is 1150 g/mol. The van der Waals surface area contributed by atoms with Crippen LogP contribution in [0.25, 0.3) is 22.3 Å². The van der Waals surface area contributed by atoms with E-state index in [0.29, 0.717) is 0 Å². The summed E-state index contributed by atoms with van der Waals surface area (Å²) in [5.41, 5.74) is 32.2. The molecule has 0 fully saturated rings. The Morgan fingerprint density at radius 3 is 1.31 bits per heavy atom. The van der Waals surface area contributed by atoms with Crippen molar-refractivity contribution in [3.05, 3.63) is 201 Å². The average Bonchev–Trinajstić information content (AvgIpc) is 1.44. The van der Waals surface area contributed by atoms with E-state index in [4.69, 9.17) is 0 Å². The van der Waals surface area contributed by atoms with Gasteiger partial charge in [-0.2, -0.15) is 0 Å². The van der Waals surface area contributed by atoms with Crippen LogP contribution in [0.5, 0.6) is 0 Å². The van der Waals surface area contributed by atoms with Gasteiger partial charge in [0.05, 0.1) is 0 Å². The Hall–Kier alpha value is -6.78. The maximum Gasteiger partial charge on any atom is 0.333 e. The van der Waals surface area contributed by atoms with Crippen LogP contribution in [0.1, 0.15) is 233 Å². The molecule has 2 heterocycles. The van der Waals surface area contributed by atoms with Crippen molar-refractivity contribution in [2.75, 3.05) is 14.6 Å². The maximum absolute atomic E-state index is 2.86. The van der Waals surface area contributed by atoms with Crippen molar-refractivity contribution in [3.8, 4) is 22.3 Å². The molecule has 0 bridgehead atoms. The highest BCUT2D eigenvalue weighted by Gasteiger charge is 2.51. The van der Waals surface area contributed by atoms with Crippen LogP contribution < -0.4 is 25.5 Å². The molecule has 0 radical (unpaired) electrons. The number of fused-ring (bicyclic) bond motifs is 10. The second kappa shape index (κ2) is 18.7. The van der Waals surface area contributed by atoms with Crippen LogP contribution in [-0.4, -0.2) is 6.85 Å². The Morgan fingerprint density at radius 1 is 0.345 bits per heavy atom. The summed E-state index contributed by atoms with van der Waals surface area (Å²) in [6.07, 6.45) is 6.95. The Kier molecular flexibility index (Phi) is 12.4. The maximum atomic E-state index is 2.86. The first kappa shape index (κ1) is 57.9. The van der Waals surface area contributed by atoms with E-state index in [1.54, 1.807) is 0 Å². The lowest BCUT2D eigenvalue weighted by Gasteiger charge is -2.49. The van der Waals surface area contributed by atoms with E-state index in [-0.39, 0.29) is 55.6 Å². The molecule has 0 unspecified atom stereocenters. The molecule has 0 N–H and O–H groups in total. The lowest BCUT2D eigenvalue weighted by atomic mass is 9.42. The van der Waals surface area contributed by atoms with Crippen molar-refractivity contribution in [1.82, 2.24) is 0 Å². The molecule has 4 heteroatoms. The van der Waals surface area contributed by atoms with Gasteiger partial charge in [0.15, 0.2) is 0 Å². The van der Waals surface area contributed by atoms with Gasteiger partial charge in [0.2, 0.25) is 0 Å². The van der Waals surface area contributed by atoms with Gasteiger partial charge in [0.25, 0.3) is 0 Å². The summed E-state index contributed by atoms with van der Waals surface area (Å²) in [6, 6.07) is 59.6. The minimum Gasteiger partial charge on any atom is -0.376 e. The fraction of sp³-hybridized carbons (Fsp3) is 0.422. The predicted octanol–water partition coefficient (Wildman–Crippen LogP) is 21.8. The molecule has 3 nitrogen and oxygen atoms in total. The average molecular weight is 1150 g/mol. The number of anilines is 8. The fourth-order valence-electron chi connectivity index (χ4n) is 17.0. The number of nitrogens with zero attached hydrogens (tertiary/aromatic N) is 3. The number of rotatable bonds is 5. The Morgan fingerprint density at radius 2 is 0.793 bits per heavy atom. The van der Waals surface area contributed by atoms with Gasteiger partial charge in [0, 0.05) is 56.5 Å². The van der Waals surface area contributed by atoms with Crippen molar-refractivity contribution in [3.63, 3.8) is 0 Å². The van der Waals surface area contributed by atoms with E-state index in [9.17, 15) is 0 Å². The third-order valence-electron chi connectivity index (χ3n) is 23.2. The molecule has 14 rings (SSSR count). The molecule has 446 valence electrons. The summed E-state index contributed by atoms with van der Waals surface area (Å²) in [5, 5.41) is 0. The summed E-state index contributed by atoms with van der Waals surface area (Å²) in [5.74, 6) is 0. The largest absolute Gasteiger partial charge is 0.376 e. The van der Waals surface area contributed by atoms with Gasteiger partial charge in [-0.1, -0.05) is 205 Å². The minimum atomic E-state index is -0.207. The molecule has 2 aliphatic heterocycles. The smallest absolute Gasteiger partial charge is 0.333 e. The van der Waals surface area contributed by atoms with Crippen molar-refractivity contribution >= 4 is 63.3 Å². The van der Waals surface area contributed by atoms with E-state index in [2.05, 4.69) is 299 Å². The Labute approximate surface area is 524 Å². The molecular formula is C83H96BN3. The van der Waals surface area contributed by atoms with Gasteiger partial charge in [-0.3, -0.25) is 0 Å². The standard InChI is InChI=1S/C83H96BN3/c1-75(2,3)51-25-29-53(30-26-51)85(54-31-27-52(28-32-54)76(4,5)6)57-43-61-60-47-59-58-23-21-22-24-62(58)83(19,20)65(59)49-71(60)87(56-34-36-64-67(45-56)80(13,14)40-38-78(64,9)10)84-70-48-68-69(82(17,18)42-41-81(68,15)16)50-72(70)86(73(46-57)74(61)84)55-33-35-63-66(44-55)79(11,12)39-37-77(63,7)8/h21-36,43-50H,37-42H2,1-20H3. The second-order valence-corrected chi connectivity index (χ2v) is 34.3. The van der Waals surface area contributed by atoms with E-state index in [1.807, 2.05) is 0 Å². The number of hydrogen-bond acceptors (Lipinski definition) is 3. The van der Waals surface area contributed by atoms with Crippen molar-refractivity contribution < 1.29 is 0 Å². The lowest BCUT2D eigenvalue weighted by Crippen LogP contribution is -2.62. The highest BCUT2D eigenvalue weighted by molar-refractivity contribution is 6.93. The summed E-state index contributed by atoms with van der Waals surface area (Å²) in [4.78, 5) is 8.19. The fourth-order valence-corrected chi connectivity index (χ4v) is 17.0. The Bertz CT molecular complexity index is 4110. The number of hydrogen-bond donors (Lipinski definition) is 0. The molecule has 87 heavy (non-hydrogen) atoms. The molecule has 0 saturated carbocycles. The summed E-state index contributed by atoms with van der Waals surface area (Å²) < 4.78 is 0. The van der Waals surface area contributed by atoms with Crippen molar-refractivity contribution in [1.29, 1.82) is 0 Å². The first-order valence-corrected chi connectivity index (χ1v) is 33.2. The molecule has 0 spiro atoms. The molecular weight excluding hydrogens is 1050 g/mol. The minimum absolute atomic E-state index is 0.00524. The van der Waals surface area contributed by atoms with Crippen LogP contribution in [0.3, 0.4) is 0 Å². The highest BCUT2D eigenvalue weighted by Crippen LogP contribution is 2.59. The van der Waals surface area contributed by atoms with E-state index in [1.165, 1.54) is 130 Å². The van der Waals surface area contributed by atoms with Crippen LogP contribution >= 0.6 is 0 Å². The van der Waals surface area contributed by atoms with Crippen LogP contribution in [0.4, 0.5) is 45.5 Å². The van der Waals surface area contributed by atoms with Crippen molar-refractivity contribution in [2.24, 2.45) is 0 Å². The van der Waals surface area contributed by atoms with Crippen LogP contribution in [-0.2, 0) is 48.7 Å². The molecule has 6 aliphatic rings. The van der Waals surface area contributed by atoms with E-state index in [0.717, 1.165) is 42.7 Å². The summed E-state index contributed by atoms with van der Waals surface area (Å²) in [6.45, 7) is 48.7. The summed E-state index contributed by atoms with van der Waals surface area (Å²) in [7, 11) is 0. The van der Waals surface area contributed by atoms with Gasteiger partial charge in [-0.05, 0) is 244 Å². The van der Waals surface area contributed by atoms with Crippen molar-refractivity contribution in [2.45, 2.75) is 226 Å². The predicted molar refractivity (Wildman–Crippen MR) is 376 cm³/mol. The van der Waals surface area contributed by atoms with Gasteiger partial charge in [-0.25, -0.2) is 0 Å². The first-order chi connectivity index (χ1) is 40.6. The van der Waals surface area contributed by atoms with Crippen LogP contribution in [0, 0.1) is 0 Å². The molecule has 8 aromatic carbocycles. The quantitative estimate of drug-likeness (QED) is 0.159. The third kappa shape index (κ3) is 8.84. The van der Waals surface area contributed by atoms with Gasteiger partial charge >= 0.3 is 6.85 Å². The van der Waals surface area contributed by atoms with Gasteiger partial charge < -0.3 is 14.6 Å². The second-order valence-electron chi connectivity index (χ2n) is 34.3. The number of benzene rings is 8. The van der Waals surface area contributed by atoms with Crippen LogP contribution in [0.15, 0.2) is 146 Å². The first-order valence-electron chi connectivity index (χ1n) is 33.2. The third-order valence-corrected chi connectivity index (χ3v) is 23.2. The SMILES string of the molecule is CC(C)(C)c1ccc(N(c2ccc(C(C)(C)C)cc2)c2cc3c4c(c2)N(c2ccc5c(c2)C(C)(C)CCC5(C)C)c2cc5c(cc2B4N(c2ccc4c(c2)C(C)(C)CCC4(C)C)c2cc4c(cc2-3)-c2ccccc2C4(C)C)C(C)(C)CCC5(C)C)cc1. The van der Waals surface area contributed by atoms with E-state index >= 15 is 0 Å². The normalized spacial score (nSPS) is 19.8. The van der Waals surface area contributed by atoms with E-state index < -0.39 is 0 Å². The zero-order chi connectivity index (χ0) is 61.9. The summed E-state index contributed by atoms with van der Waals surface area (Å²) >= 11 is 0. The zero-order valence-electron chi connectivity index (χ0n) is 56.5.